The van der Waals surface area contributed by atoms with Gasteiger partial charge >= 0.3 is 5.63 Å². The first-order chi connectivity index (χ1) is 12.6. The standard InChI is InChI=1S/C18H15N3O4S/c22-15(9-13-10-26-18(20-13)21-7-1-2-16(21)23)19-12-4-5-14-11(8-12)3-6-17(24)25-14/h3-6,8,10H,1-2,7,9H2,(H,19,22). The van der Waals surface area contributed by atoms with Gasteiger partial charge in [0.1, 0.15) is 5.58 Å². The summed E-state index contributed by atoms with van der Waals surface area (Å²) in [6.07, 6.45) is 1.52. The monoisotopic (exact) mass is 369 g/mol. The van der Waals surface area contributed by atoms with Crippen molar-refractivity contribution in [3.63, 3.8) is 0 Å². The maximum Gasteiger partial charge on any atom is 0.336 e. The number of nitrogens with zero attached hydrogens (tertiary/aromatic N) is 2. The molecule has 1 N–H and O–H groups in total. The first-order valence-corrected chi connectivity index (χ1v) is 9.05. The molecule has 8 heteroatoms. The van der Waals surface area contributed by atoms with E-state index in [0.29, 0.717) is 35.1 Å². The summed E-state index contributed by atoms with van der Waals surface area (Å²) in [6.45, 7) is 0.686. The Morgan fingerprint density at radius 1 is 1.27 bits per heavy atom. The van der Waals surface area contributed by atoms with Crippen LogP contribution in [-0.2, 0) is 16.0 Å². The second-order valence-electron chi connectivity index (χ2n) is 6.00. The molecule has 3 heterocycles. The van der Waals surface area contributed by atoms with E-state index in [0.717, 1.165) is 11.8 Å². The minimum Gasteiger partial charge on any atom is -0.423 e. The molecule has 4 rings (SSSR count). The Kier molecular flexibility index (Phi) is 4.26. The zero-order chi connectivity index (χ0) is 18.1. The molecule has 2 amide bonds. The highest BCUT2D eigenvalue weighted by molar-refractivity contribution is 7.14. The van der Waals surface area contributed by atoms with Crippen LogP contribution in [0.15, 0.2) is 44.9 Å². The van der Waals surface area contributed by atoms with Gasteiger partial charge in [-0.15, -0.1) is 11.3 Å². The van der Waals surface area contributed by atoms with Gasteiger partial charge in [-0.25, -0.2) is 9.78 Å². The molecule has 7 nitrogen and oxygen atoms in total. The predicted octanol–water partition coefficient (Wildman–Crippen LogP) is 2.56. The molecule has 0 bridgehead atoms. The van der Waals surface area contributed by atoms with Gasteiger partial charge in [0.2, 0.25) is 11.8 Å². The van der Waals surface area contributed by atoms with Gasteiger partial charge in [-0.1, -0.05) is 0 Å². The van der Waals surface area contributed by atoms with E-state index in [1.807, 2.05) is 0 Å². The smallest absolute Gasteiger partial charge is 0.336 e. The molecule has 1 saturated heterocycles. The molecule has 132 valence electrons. The molecule has 0 radical (unpaired) electrons. The fraction of sp³-hybridized carbons (Fsp3) is 0.222. The summed E-state index contributed by atoms with van der Waals surface area (Å²) in [7, 11) is 0. The molecule has 1 aliphatic rings. The number of thiazole rings is 1. The molecule has 1 aromatic carbocycles. The van der Waals surface area contributed by atoms with E-state index in [1.54, 1.807) is 34.5 Å². The van der Waals surface area contributed by atoms with E-state index in [9.17, 15) is 14.4 Å². The maximum atomic E-state index is 12.3. The number of nitrogens with one attached hydrogen (secondary N) is 1. The molecule has 2 aromatic heterocycles. The van der Waals surface area contributed by atoms with Crippen LogP contribution in [0.1, 0.15) is 18.5 Å². The minimum absolute atomic E-state index is 0.0816. The molecule has 0 saturated carbocycles. The number of carbonyl (C=O) groups excluding carboxylic acids is 2. The summed E-state index contributed by atoms with van der Waals surface area (Å²) in [4.78, 5) is 41.3. The van der Waals surface area contributed by atoms with Gasteiger partial charge in [0.15, 0.2) is 5.13 Å². The average molecular weight is 369 g/mol. The van der Waals surface area contributed by atoms with Crippen LogP contribution in [-0.4, -0.2) is 23.3 Å². The molecule has 0 aliphatic carbocycles. The van der Waals surface area contributed by atoms with Crippen molar-refractivity contribution in [2.45, 2.75) is 19.3 Å². The number of fused-ring (bicyclic) bond motifs is 1. The van der Waals surface area contributed by atoms with Crippen molar-refractivity contribution in [3.8, 4) is 0 Å². The normalized spacial score (nSPS) is 14.2. The van der Waals surface area contributed by atoms with Crippen LogP contribution in [0.3, 0.4) is 0 Å². The van der Waals surface area contributed by atoms with E-state index in [-0.39, 0.29) is 18.2 Å². The number of hydrogen-bond donors (Lipinski definition) is 1. The van der Waals surface area contributed by atoms with E-state index in [2.05, 4.69) is 10.3 Å². The summed E-state index contributed by atoms with van der Waals surface area (Å²) in [5.41, 5.74) is 1.30. The Balaban J connectivity index is 1.44. The van der Waals surface area contributed by atoms with E-state index >= 15 is 0 Å². The van der Waals surface area contributed by atoms with Gasteiger partial charge in [0.25, 0.3) is 0 Å². The lowest BCUT2D eigenvalue weighted by Gasteiger charge is -2.10. The fourth-order valence-corrected chi connectivity index (χ4v) is 3.74. The second-order valence-corrected chi connectivity index (χ2v) is 6.84. The van der Waals surface area contributed by atoms with Crippen molar-refractivity contribution in [2.24, 2.45) is 0 Å². The van der Waals surface area contributed by atoms with E-state index < -0.39 is 5.63 Å². The topological polar surface area (TPSA) is 92.5 Å². The van der Waals surface area contributed by atoms with E-state index in [1.165, 1.54) is 17.4 Å². The number of benzene rings is 1. The highest BCUT2D eigenvalue weighted by Crippen LogP contribution is 2.25. The predicted molar refractivity (Wildman–Crippen MR) is 98.5 cm³/mol. The largest absolute Gasteiger partial charge is 0.423 e. The van der Waals surface area contributed by atoms with E-state index in [4.69, 9.17) is 4.42 Å². The molecule has 3 aromatic rings. The Morgan fingerprint density at radius 2 is 2.15 bits per heavy atom. The van der Waals surface area contributed by atoms with Crippen molar-refractivity contribution in [2.75, 3.05) is 16.8 Å². The third-order valence-corrected chi connectivity index (χ3v) is 5.00. The number of hydrogen-bond acceptors (Lipinski definition) is 6. The van der Waals surface area contributed by atoms with Crippen molar-refractivity contribution in [1.82, 2.24) is 4.98 Å². The molecule has 0 atom stereocenters. The van der Waals surface area contributed by atoms with Gasteiger partial charge in [0.05, 0.1) is 12.1 Å². The second kappa shape index (κ2) is 6.72. The van der Waals surface area contributed by atoms with Crippen molar-refractivity contribution >= 4 is 44.9 Å². The van der Waals surface area contributed by atoms with Crippen molar-refractivity contribution in [1.29, 1.82) is 0 Å². The number of amides is 2. The minimum atomic E-state index is -0.412. The summed E-state index contributed by atoms with van der Waals surface area (Å²) < 4.78 is 5.07. The first-order valence-electron chi connectivity index (χ1n) is 8.17. The summed E-state index contributed by atoms with van der Waals surface area (Å²) in [5, 5.41) is 5.99. The zero-order valence-electron chi connectivity index (χ0n) is 13.7. The SMILES string of the molecule is O=C(Cc1csc(N2CCCC2=O)n1)Nc1ccc2oc(=O)ccc2c1. The quantitative estimate of drug-likeness (QED) is 0.714. The Labute approximate surface area is 152 Å². The van der Waals surface area contributed by atoms with Crippen LogP contribution in [0.2, 0.25) is 0 Å². The van der Waals surface area contributed by atoms with Crippen LogP contribution >= 0.6 is 11.3 Å². The molecular weight excluding hydrogens is 354 g/mol. The van der Waals surface area contributed by atoms with Crippen LogP contribution in [0.4, 0.5) is 10.8 Å². The third kappa shape index (κ3) is 3.36. The molecule has 1 fully saturated rings. The molecule has 0 spiro atoms. The molecule has 26 heavy (non-hydrogen) atoms. The summed E-state index contributed by atoms with van der Waals surface area (Å²) in [5.74, 6) is -0.121. The lowest BCUT2D eigenvalue weighted by molar-refractivity contribution is -0.117. The van der Waals surface area contributed by atoms with Gasteiger partial charge < -0.3 is 9.73 Å². The van der Waals surface area contributed by atoms with Crippen LogP contribution in [0, 0.1) is 0 Å². The van der Waals surface area contributed by atoms with Crippen LogP contribution in [0.25, 0.3) is 11.0 Å². The van der Waals surface area contributed by atoms with Crippen LogP contribution < -0.4 is 15.8 Å². The highest BCUT2D eigenvalue weighted by atomic mass is 32.1. The van der Waals surface area contributed by atoms with Gasteiger partial charge in [-0.3, -0.25) is 14.5 Å². The molecule has 0 unspecified atom stereocenters. The number of rotatable bonds is 4. The zero-order valence-corrected chi connectivity index (χ0v) is 14.5. The number of carbonyl (C=O) groups is 2. The summed E-state index contributed by atoms with van der Waals surface area (Å²) in [6, 6.07) is 8.05. The van der Waals surface area contributed by atoms with Crippen LogP contribution in [0.5, 0.6) is 0 Å². The molecule has 1 aliphatic heterocycles. The summed E-state index contributed by atoms with van der Waals surface area (Å²) >= 11 is 1.37. The van der Waals surface area contributed by atoms with Crippen molar-refractivity contribution in [3.05, 3.63) is 51.8 Å². The Bertz CT molecular complexity index is 1060. The number of aromatic nitrogens is 1. The van der Waals surface area contributed by atoms with Gasteiger partial charge in [-0.2, -0.15) is 0 Å². The van der Waals surface area contributed by atoms with Crippen molar-refractivity contribution < 1.29 is 14.0 Å². The lowest BCUT2D eigenvalue weighted by Crippen LogP contribution is -2.23. The lowest BCUT2D eigenvalue weighted by atomic mass is 10.2. The highest BCUT2D eigenvalue weighted by Gasteiger charge is 2.24. The first kappa shape index (κ1) is 16.5. The maximum absolute atomic E-state index is 12.3. The molecular formula is C18H15N3O4S. The number of anilines is 2. The Hall–Kier alpha value is -3.00. The van der Waals surface area contributed by atoms with Gasteiger partial charge in [-0.05, 0) is 30.7 Å². The third-order valence-electron chi connectivity index (χ3n) is 4.09. The van der Waals surface area contributed by atoms with Gasteiger partial charge in [0, 0.05) is 35.5 Å². The average Bonchev–Trinajstić information content (AvgIpc) is 3.23. The fourth-order valence-electron chi connectivity index (χ4n) is 2.87. The Morgan fingerprint density at radius 3 is 2.96 bits per heavy atom.